The van der Waals surface area contributed by atoms with E-state index in [0.717, 1.165) is 35.2 Å². The number of allylic oxidation sites excluding steroid dienone is 1. The fourth-order valence-corrected chi connectivity index (χ4v) is 4.86. The van der Waals surface area contributed by atoms with Crippen LogP contribution in [0.3, 0.4) is 0 Å². The fraction of sp³-hybridized carbons (Fsp3) is 0.233. The number of hydrogen-bond acceptors (Lipinski definition) is 4. The lowest BCUT2D eigenvalue weighted by molar-refractivity contribution is 0.396. The summed E-state index contributed by atoms with van der Waals surface area (Å²) in [5.74, 6) is 1.07. The number of thiocarbonyl (C=S) groups is 1. The summed E-state index contributed by atoms with van der Waals surface area (Å²) in [4.78, 5) is 6.93. The molecule has 1 aliphatic rings. The molecule has 0 amide bonds. The maximum Gasteiger partial charge on any atom is 0.258 e. The van der Waals surface area contributed by atoms with Crippen LogP contribution in [0.4, 0.5) is 0 Å². The Morgan fingerprint density at radius 2 is 1.47 bits per heavy atom. The Morgan fingerprint density at radius 1 is 0.861 bits per heavy atom. The van der Waals surface area contributed by atoms with Gasteiger partial charge in [-0.15, -0.1) is 0 Å². The Labute approximate surface area is 217 Å². The zero-order chi connectivity index (χ0) is 25.1. The first-order chi connectivity index (χ1) is 17.6. The van der Waals surface area contributed by atoms with Gasteiger partial charge in [0.1, 0.15) is 0 Å². The molecule has 0 radical (unpaired) electrons. The molecule has 1 atom stereocenters. The van der Waals surface area contributed by atoms with E-state index >= 15 is 0 Å². The SMILES string of the molecule is CCc1ccc(CN2C(=S)NC(c3ccc(CC)cc3)C(c3nc(-c4ccccc4)no3)=C2C)cc1. The van der Waals surface area contributed by atoms with Crippen LogP contribution in [0, 0.1) is 0 Å². The Bertz CT molecular complexity index is 1370. The van der Waals surface area contributed by atoms with Gasteiger partial charge in [0, 0.05) is 17.8 Å². The minimum Gasteiger partial charge on any atom is -0.351 e. The molecule has 0 spiro atoms. The van der Waals surface area contributed by atoms with Crippen LogP contribution in [0.2, 0.25) is 0 Å². The van der Waals surface area contributed by atoms with E-state index in [0.29, 0.717) is 23.4 Å². The number of nitrogens with zero attached hydrogens (tertiary/aromatic N) is 3. The number of benzene rings is 3. The molecular weight excluding hydrogens is 464 g/mol. The maximum atomic E-state index is 5.88. The Balaban J connectivity index is 1.57. The van der Waals surface area contributed by atoms with Crippen LogP contribution < -0.4 is 5.32 Å². The second-order valence-electron chi connectivity index (χ2n) is 9.02. The summed E-state index contributed by atoms with van der Waals surface area (Å²) >= 11 is 5.88. The van der Waals surface area contributed by atoms with Crippen molar-refractivity contribution in [1.82, 2.24) is 20.4 Å². The van der Waals surface area contributed by atoms with Crippen molar-refractivity contribution >= 4 is 22.9 Å². The highest BCUT2D eigenvalue weighted by Crippen LogP contribution is 2.38. The van der Waals surface area contributed by atoms with Gasteiger partial charge in [-0.05, 0) is 54.2 Å². The van der Waals surface area contributed by atoms with Gasteiger partial charge in [-0.3, -0.25) is 0 Å². The largest absolute Gasteiger partial charge is 0.351 e. The van der Waals surface area contributed by atoms with Gasteiger partial charge in [0.15, 0.2) is 5.11 Å². The molecular formula is C30H30N4OS. The second kappa shape index (κ2) is 10.5. The Kier molecular flexibility index (Phi) is 6.96. The molecule has 5 rings (SSSR count). The smallest absolute Gasteiger partial charge is 0.258 e. The van der Waals surface area contributed by atoms with E-state index in [1.165, 1.54) is 16.7 Å². The molecule has 2 heterocycles. The van der Waals surface area contributed by atoms with Crippen molar-refractivity contribution in [3.05, 3.63) is 113 Å². The average Bonchev–Trinajstić information content (AvgIpc) is 3.41. The van der Waals surface area contributed by atoms with Crippen molar-refractivity contribution in [2.24, 2.45) is 0 Å². The van der Waals surface area contributed by atoms with Gasteiger partial charge in [-0.1, -0.05) is 97.9 Å². The van der Waals surface area contributed by atoms with Crippen LogP contribution in [0.25, 0.3) is 17.0 Å². The monoisotopic (exact) mass is 494 g/mol. The first-order valence-corrected chi connectivity index (χ1v) is 12.8. The lowest BCUT2D eigenvalue weighted by Gasteiger charge is -2.37. The summed E-state index contributed by atoms with van der Waals surface area (Å²) in [5.41, 5.74) is 7.77. The topological polar surface area (TPSA) is 54.2 Å². The number of aryl methyl sites for hydroxylation is 2. The van der Waals surface area contributed by atoms with E-state index in [2.05, 4.69) is 84.7 Å². The molecule has 182 valence electrons. The fourth-order valence-electron chi connectivity index (χ4n) is 4.54. The summed E-state index contributed by atoms with van der Waals surface area (Å²) in [6, 6.07) is 27.0. The quantitative estimate of drug-likeness (QED) is 0.288. The highest BCUT2D eigenvalue weighted by atomic mass is 32.1. The van der Waals surface area contributed by atoms with Gasteiger partial charge in [0.05, 0.1) is 11.6 Å². The third kappa shape index (κ3) is 4.82. The molecule has 1 aromatic heterocycles. The standard InChI is InChI=1S/C30H30N4OS/c1-4-21-11-13-23(14-12-21)19-34-20(3)26(29-32-28(33-35-29)25-9-7-6-8-10-25)27(31-30(34)36)24-17-15-22(5-2)16-18-24/h6-18,27H,4-5,19H2,1-3H3,(H,31,36). The summed E-state index contributed by atoms with van der Waals surface area (Å²) in [5, 5.41) is 8.55. The van der Waals surface area contributed by atoms with E-state index < -0.39 is 0 Å². The molecule has 6 heteroatoms. The van der Waals surface area contributed by atoms with Crippen LogP contribution in [0.1, 0.15) is 55.0 Å². The number of nitrogens with one attached hydrogen (secondary N) is 1. The molecule has 1 N–H and O–H groups in total. The predicted octanol–water partition coefficient (Wildman–Crippen LogP) is 6.72. The highest BCUT2D eigenvalue weighted by Gasteiger charge is 2.34. The van der Waals surface area contributed by atoms with Crippen LogP contribution in [-0.4, -0.2) is 20.2 Å². The molecule has 1 aliphatic heterocycles. The number of rotatable bonds is 7. The zero-order valence-electron chi connectivity index (χ0n) is 20.9. The molecule has 3 aromatic carbocycles. The Morgan fingerprint density at radius 3 is 2.11 bits per heavy atom. The predicted molar refractivity (Wildman–Crippen MR) is 148 cm³/mol. The molecule has 4 aromatic rings. The van der Waals surface area contributed by atoms with E-state index in [4.69, 9.17) is 21.7 Å². The summed E-state index contributed by atoms with van der Waals surface area (Å²) in [7, 11) is 0. The molecule has 1 unspecified atom stereocenters. The van der Waals surface area contributed by atoms with Gasteiger partial charge in [0.25, 0.3) is 5.89 Å². The second-order valence-corrected chi connectivity index (χ2v) is 9.41. The van der Waals surface area contributed by atoms with Gasteiger partial charge < -0.3 is 14.7 Å². The van der Waals surface area contributed by atoms with E-state index in [1.54, 1.807) is 0 Å². The van der Waals surface area contributed by atoms with Gasteiger partial charge >= 0.3 is 0 Å². The van der Waals surface area contributed by atoms with Crippen molar-refractivity contribution in [1.29, 1.82) is 0 Å². The lowest BCUT2D eigenvalue weighted by Crippen LogP contribution is -2.45. The van der Waals surface area contributed by atoms with E-state index in [1.807, 2.05) is 30.3 Å². The number of hydrogen-bond donors (Lipinski definition) is 1. The van der Waals surface area contributed by atoms with Crippen LogP contribution in [-0.2, 0) is 19.4 Å². The summed E-state index contributed by atoms with van der Waals surface area (Å²) < 4.78 is 5.86. The van der Waals surface area contributed by atoms with Crippen molar-refractivity contribution in [2.45, 2.75) is 46.2 Å². The van der Waals surface area contributed by atoms with Crippen molar-refractivity contribution < 1.29 is 4.52 Å². The lowest BCUT2D eigenvalue weighted by atomic mass is 9.93. The maximum absolute atomic E-state index is 5.88. The highest BCUT2D eigenvalue weighted by molar-refractivity contribution is 7.80. The van der Waals surface area contributed by atoms with Crippen LogP contribution in [0.5, 0.6) is 0 Å². The van der Waals surface area contributed by atoms with Crippen molar-refractivity contribution in [3.63, 3.8) is 0 Å². The van der Waals surface area contributed by atoms with E-state index in [9.17, 15) is 0 Å². The molecule has 5 nitrogen and oxygen atoms in total. The summed E-state index contributed by atoms with van der Waals surface area (Å²) in [6.07, 6.45) is 2.01. The first-order valence-electron chi connectivity index (χ1n) is 12.4. The van der Waals surface area contributed by atoms with E-state index in [-0.39, 0.29) is 6.04 Å². The van der Waals surface area contributed by atoms with Gasteiger partial charge in [0.2, 0.25) is 5.82 Å². The molecule has 0 fully saturated rings. The molecule has 0 saturated heterocycles. The van der Waals surface area contributed by atoms with Crippen molar-refractivity contribution in [2.75, 3.05) is 0 Å². The minimum atomic E-state index is -0.189. The third-order valence-electron chi connectivity index (χ3n) is 6.78. The normalized spacial score (nSPS) is 15.8. The van der Waals surface area contributed by atoms with Gasteiger partial charge in [-0.25, -0.2) is 0 Å². The Hall–Kier alpha value is -3.77. The average molecular weight is 495 g/mol. The molecule has 0 bridgehead atoms. The molecule has 36 heavy (non-hydrogen) atoms. The van der Waals surface area contributed by atoms with Crippen LogP contribution in [0.15, 0.2) is 89.1 Å². The zero-order valence-corrected chi connectivity index (χ0v) is 21.7. The minimum absolute atomic E-state index is 0.189. The molecule has 0 saturated carbocycles. The molecule has 0 aliphatic carbocycles. The van der Waals surface area contributed by atoms with Gasteiger partial charge in [-0.2, -0.15) is 4.98 Å². The number of aromatic nitrogens is 2. The van der Waals surface area contributed by atoms with Crippen LogP contribution >= 0.6 is 12.2 Å². The third-order valence-corrected chi connectivity index (χ3v) is 7.12. The van der Waals surface area contributed by atoms with Crippen molar-refractivity contribution in [3.8, 4) is 11.4 Å². The first kappa shape index (κ1) is 23.9. The summed E-state index contributed by atoms with van der Waals surface area (Å²) in [6.45, 7) is 7.07.